The Morgan fingerprint density at radius 3 is 2.00 bits per heavy atom. The second kappa shape index (κ2) is 8.19. The third-order valence-electron chi connectivity index (χ3n) is 5.14. The molecule has 3 aromatic rings. The highest BCUT2D eigenvalue weighted by molar-refractivity contribution is 5.98. The molecular formula is C24H22N2O3. The maximum Gasteiger partial charge on any atom is 0.251 e. The van der Waals surface area contributed by atoms with Crippen molar-refractivity contribution < 1.29 is 14.3 Å². The lowest BCUT2D eigenvalue weighted by Crippen LogP contribution is -2.54. The summed E-state index contributed by atoms with van der Waals surface area (Å²) in [5, 5.41) is 2.91. The first kappa shape index (κ1) is 18.7. The van der Waals surface area contributed by atoms with Crippen molar-refractivity contribution >= 4 is 11.8 Å². The number of benzene rings is 3. The monoisotopic (exact) mass is 386 g/mol. The van der Waals surface area contributed by atoms with Gasteiger partial charge in [0.05, 0.1) is 7.11 Å². The van der Waals surface area contributed by atoms with Crippen molar-refractivity contribution in [3.63, 3.8) is 0 Å². The van der Waals surface area contributed by atoms with Crippen molar-refractivity contribution in [3.8, 4) is 5.75 Å². The molecule has 2 atom stereocenters. The molecule has 0 spiro atoms. The van der Waals surface area contributed by atoms with E-state index in [0.717, 1.165) is 22.4 Å². The fraction of sp³-hybridized carbons (Fsp3) is 0.167. The van der Waals surface area contributed by atoms with E-state index in [1.54, 1.807) is 12.0 Å². The zero-order chi connectivity index (χ0) is 20.2. The van der Waals surface area contributed by atoms with Crippen LogP contribution in [-0.4, -0.2) is 23.8 Å². The van der Waals surface area contributed by atoms with E-state index in [-0.39, 0.29) is 11.8 Å². The number of nitrogens with one attached hydrogen (secondary N) is 1. The molecule has 1 aliphatic heterocycles. The average Bonchev–Trinajstić information content (AvgIpc) is 2.78. The summed E-state index contributed by atoms with van der Waals surface area (Å²) in [6, 6.07) is 24.9. The van der Waals surface area contributed by atoms with Gasteiger partial charge in [-0.05, 0) is 28.8 Å². The number of hydrogen-bond acceptors (Lipinski definition) is 3. The normalized spacial score (nSPS) is 19.0. The van der Waals surface area contributed by atoms with Crippen LogP contribution in [0.5, 0.6) is 5.75 Å². The van der Waals surface area contributed by atoms with Crippen LogP contribution in [0.25, 0.3) is 0 Å². The highest BCUT2D eigenvalue weighted by Gasteiger charge is 2.41. The second-order valence-electron chi connectivity index (χ2n) is 6.98. The van der Waals surface area contributed by atoms with Crippen LogP contribution in [0, 0.1) is 0 Å². The minimum atomic E-state index is -0.693. The number of carbonyl (C=O) groups is 2. The molecule has 0 saturated carbocycles. The summed E-state index contributed by atoms with van der Waals surface area (Å²) in [7, 11) is 1.61. The molecule has 4 rings (SSSR count). The van der Waals surface area contributed by atoms with Crippen molar-refractivity contribution in [2.24, 2.45) is 0 Å². The third kappa shape index (κ3) is 3.85. The van der Waals surface area contributed by atoms with Gasteiger partial charge in [0.2, 0.25) is 5.91 Å². The number of methoxy groups -OCH3 is 1. The van der Waals surface area contributed by atoms with Crippen molar-refractivity contribution in [2.75, 3.05) is 7.11 Å². The van der Waals surface area contributed by atoms with Crippen LogP contribution in [0.4, 0.5) is 0 Å². The Bertz CT molecular complexity index is 988. The number of rotatable bonds is 5. The molecule has 0 unspecified atom stereocenters. The van der Waals surface area contributed by atoms with Gasteiger partial charge in [0.1, 0.15) is 17.8 Å². The van der Waals surface area contributed by atoms with Gasteiger partial charge >= 0.3 is 0 Å². The summed E-state index contributed by atoms with van der Waals surface area (Å²) in [4.78, 5) is 28.2. The molecular weight excluding hydrogens is 364 g/mol. The quantitative estimate of drug-likeness (QED) is 0.728. The van der Waals surface area contributed by atoms with Gasteiger partial charge in [-0.25, -0.2) is 0 Å². The van der Waals surface area contributed by atoms with E-state index in [1.807, 2.05) is 84.9 Å². The summed E-state index contributed by atoms with van der Waals surface area (Å²) in [5.41, 5.74) is 2.50. The van der Waals surface area contributed by atoms with Gasteiger partial charge in [-0.1, -0.05) is 72.8 Å². The topological polar surface area (TPSA) is 58.6 Å². The van der Waals surface area contributed by atoms with Crippen LogP contribution in [-0.2, 0) is 16.1 Å². The summed E-state index contributed by atoms with van der Waals surface area (Å²) >= 11 is 0. The standard InChI is InChI=1S/C24H22N2O3/c1-29-20-14-12-17(13-15-20)16-26-22(19-10-6-3-7-11-19)23(27)25-21(24(26)28)18-8-4-2-5-9-18/h2-15,21-22H,16H2,1H3,(H,25,27)/t21-,22+/m1/s1. The van der Waals surface area contributed by atoms with Gasteiger partial charge in [-0.3, -0.25) is 9.59 Å². The molecule has 5 heteroatoms. The number of amides is 2. The zero-order valence-electron chi connectivity index (χ0n) is 16.1. The Morgan fingerprint density at radius 2 is 1.41 bits per heavy atom. The molecule has 3 aromatic carbocycles. The Kier molecular flexibility index (Phi) is 5.29. The second-order valence-corrected chi connectivity index (χ2v) is 6.98. The van der Waals surface area contributed by atoms with Crippen molar-refractivity contribution in [1.82, 2.24) is 10.2 Å². The van der Waals surface area contributed by atoms with E-state index in [4.69, 9.17) is 4.74 Å². The van der Waals surface area contributed by atoms with Crippen LogP contribution in [0.1, 0.15) is 28.8 Å². The van der Waals surface area contributed by atoms with Gasteiger partial charge in [0.25, 0.3) is 5.91 Å². The van der Waals surface area contributed by atoms with E-state index in [0.29, 0.717) is 6.54 Å². The van der Waals surface area contributed by atoms with Gasteiger partial charge in [0, 0.05) is 6.54 Å². The van der Waals surface area contributed by atoms with Gasteiger partial charge in [-0.15, -0.1) is 0 Å². The number of ether oxygens (including phenoxy) is 1. The maximum atomic E-state index is 13.5. The predicted octanol–water partition coefficient (Wildman–Crippen LogP) is 3.64. The summed E-state index contributed by atoms with van der Waals surface area (Å²) in [6.07, 6.45) is 0. The van der Waals surface area contributed by atoms with Crippen molar-refractivity contribution in [3.05, 3.63) is 102 Å². The minimum absolute atomic E-state index is 0.125. The maximum absolute atomic E-state index is 13.5. The predicted molar refractivity (Wildman–Crippen MR) is 110 cm³/mol. The molecule has 1 heterocycles. The van der Waals surface area contributed by atoms with E-state index >= 15 is 0 Å². The third-order valence-corrected chi connectivity index (χ3v) is 5.14. The largest absolute Gasteiger partial charge is 0.497 e. The summed E-state index contributed by atoms with van der Waals surface area (Å²) < 4.78 is 5.22. The van der Waals surface area contributed by atoms with Crippen LogP contribution in [0.15, 0.2) is 84.9 Å². The van der Waals surface area contributed by atoms with E-state index < -0.39 is 12.1 Å². The molecule has 1 N–H and O–H groups in total. The van der Waals surface area contributed by atoms with Gasteiger partial charge in [0.15, 0.2) is 0 Å². The van der Waals surface area contributed by atoms with Gasteiger partial charge in [-0.2, -0.15) is 0 Å². The number of piperazine rings is 1. The average molecular weight is 386 g/mol. The zero-order valence-corrected chi connectivity index (χ0v) is 16.1. The Labute approximate surface area is 169 Å². The van der Waals surface area contributed by atoms with Crippen molar-refractivity contribution in [1.29, 1.82) is 0 Å². The van der Waals surface area contributed by atoms with Crippen LogP contribution >= 0.6 is 0 Å². The molecule has 29 heavy (non-hydrogen) atoms. The molecule has 2 amide bonds. The smallest absolute Gasteiger partial charge is 0.251 e. The van der Waals surface area contributed by atoms with E-state index in [2.05, 4.69) is 5.32 Å². The Hall–Kier alpha value is -3.60. The van der Waals surface area contributed by atoms with Crippen LogP contribution in [0.2, 0.25) is 0 Å². The van der Waals surface area contributed by atoms with Crippen LogP contribution in [0.3, 0.4) is 0 Å². The first-order valence-electron chi connectivity index (χ1n) is 9.51. The Balaban J connectivity index is 1.71. The molecule has 1 saturated heterocycles. The first-order valence-corrected chi connectivity index (χ1v) is 9.51. The SMILES string of the molecule is COc1ccc(CN2C(=O)[C@@H](c3ccccc3)NC(=O)[C@@H]2c2ccccc2)cc1. The minimum Gasteiger partial charge on any atom is -0.497 e. The molecule has 0 aliphatic carbocycles. The first-order chi connectivity index (χ1) is 14.2. The summed E-state index contributed by atoms with van der Waals surface area (Å²) in [5.74, 6) is 0.442. The lowest BCUT2D eigenvalue weighted by atomic mass is 9.95. The molecule has 0 bridgehead atoms. The lowest BCUT2D eigenvalue weighted by Gasteiger charge is -2.39. The highest BCUT2D eigenvalue weighted by Crippen LogP contribution is 2.32. The summed E-state index contributed by atoms with van der Waals surface area (Å²) in [6.45, 7) is 0.332. The molecule has 146 valence electrons. The van der Waals surface area contributed by atoms with E-state index in [1.165, 1.54) is 0 Å². The number of nitrogens with zero attached hydrogens (tertiary/aromatic N) is 1. The fourth-order valence-corrected chi connectivity index (χ4v) is 3.65. The fourth-order valence-electron chi connectivity index (χ4n) is 3.65. The molecule has 0 aromatic heterocycles. The lowest BCUT2D eigenvalue weighted by molar-refractivity contribution is -0.150. The van der Waals surface area contributed by atoms with Crippen molar-refractivity contribution in [2.45, 2.75) is 18.6 Å². The number of carbonyl (C=O) groups excluding carboxylic acids is 2. The Morgan fingerprint density at radius 1 is 0.828 bits per heavy atom. The van der Waals surface area contributed by atoms with Gasteiger partial charge < -0.3 is 15.0 Å². The molecule has 1 fully saturated rings. The highest BCUT2D eigenvalue weighted by atomic mass is 16.5. The number of hydrogen-bond donors (Lipinski definition) is 1. The molecule has 5 nitrogen and oxygen atoms in total. The molecule has 0 radical (unpaired) electrons. The van der Waals surface area contributed by atoms with E-state index in [9.17, 15) is 9.59 Å². The molecule has 1 aliphatic rings. The van der Waals surface area contributed by atoms with Crippen LogP contribution < -0.4 is 10.1 Å².